The number of carbonyl (C=O) groups is 1. The molecule has 156 valence electrons. The highest BCUT2D eigenvalue weighted by atomic mass is 35.5. The van der Waals surface area contributed by atoms with Crippen molar-refractivity contribution in [3.8, 4) is 22.6 Å². The third-order valence-electron chi connectivity index (χ3n) is 5.06. The van der Waals surface area contributed by atoms with Gasteiger partial charge >= 0.3 is 0 Å². The second kappa shape index (κ2) is 8.50. The van der Waals surface area contributed by atoms with Crippen molar-refractivity contribution >= 4 is 45.9 Å². The fourth-order valence-corrected chi connectivity index (χ4v) is 3.81. The Labute approximate surface area is 194 Å². The first-order chi connectivity index (χ1) is 15.6. The van der Waals surface area contributed by atoms with Crippen LogP contribution in [0.15, 0.2) is 95.4 Å². The second-order valence-electron chi connectivity index (χ2n) is 7.22. The van der Waals surface area contributed by atoms with Gasteiger partial charge in [-0.2, -0.15) is 0 Å². The Hall–Kier alpha value is -3.60. The van der Waals surface area contributed by atoms with E-state index in [1.54, 1.807) is 30.3 Å². The molecule has 0 atom stereocenters. The first-order valence-electron chi connectivity index (χ1n) is 9.90. The number of nitrogens with zero attached hydrogens (tertiary/aromatic N) is 1. The molecule has 5 rings (SSSR count). The van der Waals surface area contributed by atoms with Gasteiger partial charge in [-0.1, -0.05) is 65.7 Å². The summed E-state index contributed by atoms with van der Waals surface area (Å²) in [5.41, 5.74) is 5.30. The highest BCUT2D eigenvalue weighted by Crippen LogP contribution is 2.29. The van der Waals surface area contributed by atoms with Crippen molar-refractivity contribution < 1.29 is 9.21 Å². The highest BCUT2D eigenvalue weighted by molar-refractivity contribution is 6.36. The molecule has 1 N–H and O–H groups in total. The Morgan fingerprint density at radius 2 is 1.50 bits per heavy atom. The van der Waals surface area contributed by atoms with Crippen molar-refractivity contribution in [1.29, 1.82) is 0 Å². The average Bonchev–Trinajstić information content (AvgIpc) is 3.25. The summed E-state index contributed by atoms with van der Waals surface area (Å²) in [6.45, 7) is 0. The van der Waals surface area contributed by atoms with Crippen LogP contribution < -0.4 is 5.32 Å². The van der Waals surface area contributed by atoms with Crippen LogP contribution in [-0.4, -0.2) is 10.9 Å². The summed E-state index contributed by atoms with van der Waals surface area (Å²) < 4.78 is 5.92. The molecule has 0 aliphatic rings. The van der Waals surface area contributed by atoms with Crippen molar-refractivity contribution in [3.63, 3.8) is 0 Å². The van der Waals surface area contributed by atoms with Gasteiger partial charge in [0.25, 0.3) is 5.91 Å². The van der Waals surface area contributed by atoms with E-state index >= 15 is 0 Å². The maximum absolute atomic E-state index is 12.6. The molecular weight excluding hydrogens is 443 g/mol. The van der Waals surface area contributed by atoms with Crippen LogP contribution >= 0.6 is 23.2 Å². The highest BCUT2D eigenvalue weighted by Gasteiger charge is 2.14. The summed E-state index contributed by atoms with van der Waals surface area (Å²) in [4.78, 5) is 17.2. The van der Waals surface area contributed by atoms with Crippen LogP contribution in [0.2, 0.25) is 10.0 Å². The number of amides is 1. The van der Waals surface area contributed by atoms with E-state index in [1.807, 2.05) is 42.5 Å². The summed E-state index contributed by atoms with van der Waals surface area (Å²) in [5.74, 6) is 0.165. The van der Waals surface area contributed by atoms with Crippen molar-refractivity contribution in [2.24, 2.45) is 0 Å². The second-order valence-corrected chi connectivity index (χ2v) is 8.07. The first-order valence-corrected chi connectivity index (χ1v) is 10.7. The molecule has 0 saturated carbocycles. The summed E-state index contributed by atoms with van der Waals surface area (Å²) in [7, 11) is 0. The molecule has 0 spiro atoms. The van der Waals surface area contributed by atoms with Crippen molar-refractivity contribution in [1.82, 2.24) is 4.98 Å². The van der Waals surface area contributed by atoms with Gasteiger partial charge in [0.05, 0.1) is 10.6 Å². The molecular formula is C26H16Cl2N2O2. The minimum absolute atomic E-state index is 0.304. The van der Waals surface area contributed by atoms with Crippen LogP contribution in [0.4, 0.5) is 5.69 Å². The monoisotopic (exact) mass is 458 g/mol. The number of hydrogen-bond acceptors (Lipinski definition) is 3. The molecule has 0 saturated heterocycles. The summed E-state index contributed by atoms with van der Waals surface area (Å²) in [6.07, 6.45) is 0. The molecule has 4 aromatic carbocycles. The molecule has 5 aromatic rings. The Kier molecular flexibility index (Phi) is 5.39. The van der Waals surface area contributed by atoms with Crippen LogP contribution in [0.1, 0.15) is 10.4 Å². The SMILES string of the molecule is O=C(Nc1ccc2oc(-c3ccc(-c4ccccc4)cc3)nc2c1)c1cc(Cl)ccc1Cl. The predicted molar refractivity (Wildman–Crippen MR) is 129 cm³/mol. The smallest absolute Gasteiger partial charge is 0.257 e. The third-order valence-corrected chi connectivity index (χ3v) is 5.62. The Morgan fingerprint density at radius 3 is 2.28 bits per heavy atom. The molecule has 1 heterocycles. The van der Waals surface area contributed by atoms with Gasteiger partial charge in [-0.25, -0.2) is 4.98 Å². The van der Waals surface area contributed by atoms with Gasteiger partial charge in [0.1, 0.15) is 5.52 Å². The molecule has 0 aliphatic heterocycles. The van der Waals surface area contributed by atoms with Crippen LogP contribution in [-0.2, 0) is 0 Å². The Balaban J connectivity index is 1.39. The maximum Gasteiger partial charge on any atom is 0.257 e. The number of oxazole rings is 1. The molecule has 0 radical (unpaired) electrons. The van der Waals surface area contributed by atoms with E-state index < -0.39 is 0 Å². The summed E-state index contributed by atoms with van der Waals surface area (Å²) >= 11 is 12.1. The zero-order valence-electron chi connectivity index (χ0n) is 16.7. The van der Waals surface area contributed by atoms with Gasteiger partial charge in [-0.3, -0.25) is 4.79 Å². The Morgan fingerprint density at radius 1 is 0.781 bits per heavy atom. The van der Waals surface area contributed by atoms with Crippen LogP contribution in [0.3, 0.4) is 0 Å². The average molecular weight is 459 g/mol. The van der Waals surface area contributed by atoms with Crippen LogP contribution in [0, 0.1) is 0 Å². The number of aromatic nitrogens is 1. The molecule has 6 heteroatoms. The predicted octanol–water partition coefficient (Wildman–Crippen LogP) is 7.72. The number of fused-ring (bicyclic) bond motifs is 1. The summed E-state index contributed by atoms with van der Waals surface area (Å²) in [5, 5.41) is 3.60. The number of rotatable bonds is 4. The molecule has 32 heavy (non-hydrogen) atoms. The summed E-state index contributed by atoms with van der Waals surface area (Å²) in [6, 6.07) is 28.3. The minimum Gasteiger partial charge on any atom is -0.436 e. The van der Waals surface area contributed by atoms with Gasteiger partial charge in [-0.05, 0) is 59.7 Å². The topological polar surface area (TPSA) is 55.1 Å². The number of hydrogen-bond donors (Lipinski definition) is 1. The minimum atomic E-state index is -0.350. The number of halogens is 2. The molecule has 0 fully saturated rings. The van der Waals surface area contributed by atoms with Gasteiger partial charge < -0.3 is 9.73 Å². The lowest BCUT2D eigenvalue weighted by atomic mass is 10.0. The molecule has 0 aliphatic carbocycles. The molecule has 0 unspecified atom stereocenters. The normalized spacial score (nSPS) is 10.9. The fourth-order valence-electron chi connectivity index (χ4n) is 3.43. The Bertz CT molecular complexity index is 1430. The number of anilines is 1. The van der Waals surface area contributed by atoms with E-state index in [9.17, 15) is 4.79 Å². The van der Waals surface area contributed by atoms with E-state index in [0.29, 0.717) is 38.3 Å². The van der Waals surface area contributed by atoms with Crippen molar-refractivity contribution in [2.75, 3.05) is 5.32 Å². The first kappa shape index (κ1) is 20.3. The molecule has 1 amide bonds. The lowest BCUT2D eigenvalue weighted by Crippen LogP contribution is -2.12. The van der Waals surface area contributed by atoms with E-state index in [2.05, 4.69) is 22.4 Å². The lowest BCUT2D eigenvalue weighted by Gasteiger charge is -2.07. The molecule has 4 nitrogen and oxygen atoms in total. The van der Waals surface area contributed by atoms with Crippen molar-refractivity contribution in [3.05, 3.63) is 107 Å². The standard InChI is InChI=1S/C26H16Cl2N2O2/c27-19-10-12-22(28)21(14-19)25(31)29-20-11-13-24-23(15-20)30-26(32-24)18-8-6-17(7-9-18)16-4-2-1-3-5-16/h1-15H,(H,29,31). The van der Waals surface area contributed by atoms with Crippen LogP contribution in [0.5, 0.6) is 0 Å². The molecule has 1 aromatic heterocycles. The zero-order valence-corrected chi connectivity index (χ0v) is 18.2. The van der Waals surface area contributed by atoms with Gasteiger partial charge in [0.2, 0.25) is 5.89 Å². The maximum atomic E-state index is 12.6. The number of nitrogens with one attached hydrogen (secondary N) is 1. The quantitative estimate of drug-likeness (QED) is 0.299. The van der Waals surface area contributed by atoms with Gasteiger partial charge in [-0.15, -0.1) is 0 Å². The number of carbonyl (C=O) groups excluding carboxylic acids is 1. The van der Waals surface area contributed by atoms with E-state index in [0.717, 1.165) is 16.7 Å². The largest absolute Gasteiger partial charge is 0.436 e. The van der Waals surface area contributed by atoms with E-state index in [1.165, 1.54) is 6.07 Å². The van der Waals surface area contributed by atoms with Gasteiger partial charge in [0, 0.05) is 16.3 Å². The fraction of sp³-hybridized carbons (Fsp3) is 0. The van der Waals surface area contributed by atoms with E-state index in [-0.39, 0.29) is 5.91 Å². The third kappa shape index (κ3) is 4.11. The van der Waals surface area contributed by atoms with Crippen molar-refractivity contribution in [2.45, 2.75) is 0 Å². The van der Waals surface area contributed by atoms with Crippen LogP contribution in [0.25, 0.3) is 33.7 Å². The lowest BCUT2D eigenvalue weighted by molar-refractivity contribution is 0.102. The van der Waals surface area contributed by atoms with E-state index in [4.69, 9.17) is 27.6 Å². The molecule has 0 bridgehead atoms. The number of benzene rings is 4. The van der Waals surface area contributed by atoms with Gasteiger partial charge in [0.15, 0.2) is 5.58 Å². The zero-order chi connectivity index (χ0) is 22.1.